The summed E-state index contributed by atoms with van der Waals surface area (Å²) in [4.78, 5) is 9.17. The van der Waals surface area contributed by atoms with Crippen LogP contribution < -0.4 is 9.47 Å². The van der Waals surface area contributed by atoms with Gasteiger partial charge in [0.25, 0.3) is 0 Å². The summed E-state index contributed by atoms with van der Waals surface area (Å²) < 4.78 is 12.2. The summed E-state index contributed by atoms with van der Waals surface area (Å²) in [6.07, 6.45) is 1.75. The molecule has 0 aliphatic rings. The quantitative estimate of drug-likeness (QED) is 0.247. The Bertz CT molecular complexity index is 1650. The largest absolute Gasteiger partial charge is 0.457 e. The normalized spacial score (nSPS) is 10.8. The second-order valence-corrected chi connectivity index (χ2v) is 8.34. The van der Waals surface area contributed by atoms with Gasteiger partial charge in [0, 0.05) is 29.3 Å². The van der Waals surface area contributed by atoms with Crippen molar-refractivity contribution in [2.75, 3.05) is 0 Å². The van der Waals surface area contributed by atoms with E-state index in [1.165, 1.54) is 0 Å². The van der Waals surface area contributed by atoms with Crippen LogP contribution >= 0.6 is 0 Å². The fraction of sp³-hybridized carbons (Fsp3) is 0. The van der Waals surface area contributed by atoms with Crippen LogP contribution in [0.1, 0.15) is 0 Å². The van der Waals surface area contributed by atoms with Gasteiger partial charge in [-0.25, -0.2) is 9.97 Å². The molecule has 2 heterocycles. The van der Waals surface area contributed by atoms with Gasteiger partial charge in [0.1, 0.15) is 17.2 Å². The maximum absolute atomic E-state index is 6.17. The standard InChI is InChI=1S/C32H22N2O2/c1-2-8-23(9-3-1)25-18-19-33-32(21-25)36-29-14-7-13-28(22-29)35-27-12-6-11-26(20-27)31-17-16-24-10-4-5-15-30(24)34-31/h1-22H. The average molecular weight is 467 g/mol. The van der Waals surface area contributed by atoms with Gasteiger partial charge >= 0.3 is 0 Å². The molecule has 0 atom stereocenters. The zero-order valence-electron chi connectivity index (χ0n) is 19.4. The van der Waals surface area contributed by atoms with Gasteiger partial charge in [-0.05, 0) is 53.6 Å². The van der Waals surface area contributed by atoms with Gasteiger partial charge in [-0.15, -0.1) is 0 Å². The first-order chi connectivity index (χ1) is 17.8. The summed E-state index contributed by atoms with van der Waals surface area (Å²) in [7, 11) is 0. The molecule has 0 spiro atoms. The van der Waals surface area contributed by atoms with Crippen LogP contribution in [0.5, 0.6) is 23.1 Å². The lowest BCUT2D eigenvalue weighted by Gasteiger charge is -2.11. The third-order valence-electron chi connectivity index (χ3n) is 5.83. The number of pyridine rings is 2. The van der Waals surface area contributed by atoms with Crippen LogP contribution in [-0.2, 0) is 0 Å². The Morgan fingerprint density at radius 3 is 2.08 bits per heavy atom. The lowest BCUT2D eigenvalue weighted by atomic mass is 10.1. The van der Waals surface area contributed by atoms with Crippen LogP contribution in [0.4, 0.5) is 0 Å². The Morgan fingerprint density at radius 1 is 0.472 bits per heavy atom. The molecule has 6 aromatic rings. The van der Waals surface area contributed by atoms with Crippen LogP contribution in [0.25, 0.3) is 33.3 Å². The molecule has 36 heavy (non-hydrogen) atoms. The van der Waals surface area contributed by atoms with Gasteiger partial charge in [-0.3, -0.25) is 0 Å². The molecule has 2 aromatic heterocycles. The van der Waals surface area contributed by atoms with Crippen molar-refractivity contribution in [2.24, 2.45) is 0 Å². The molecule has 6 rings (SSSR count). The number of nitrogens with zero attached hydrogens (tertiary/aromatic N) is 2. The first-order valence-electron chi connectivity index (χ1n) is 11.7. The van der Waals surface area contributed by atoms with E-state index in [2.05, 4.69) is 29.2 Å². The molecular formula is C32H22N2O2. The second-order valence-electron chi connectivity index (χ2n) is 8.34. The predicted molar refractivity (Wildman–Crippen MR) is 143 cm³/mol. The van der Waals surface area contributed by atoms with Crippen molar-refractivity contribution < 1.29 is 9.47 Å². The van der Waals surface area contributed by atoms with Crippen LogP contribution in [0, 0.1) is 0 Å². The van der Waals surface area contributed by atoms with Crippen LogP contribution in [0.2, 0.25) is 0 Å². The lowest BCUT2D eigenvalue weighted by Crippen LogP contribution is -1.90. The van der Waals surface area contributed by atoms with E-state index in [4.69, 9.17) is 14.5 Å². The number of fused-ring (bicyclic) bond motifs is 1. The molecule has 0 bridgehead atoms. The molecule has 0 amide bonds. The summed E-state index contributed by atoms with van der Waals surface area (Å²) in [5.74, 6) is 2.58. The topological polar surface area (TPSA) is 44.2 Å². The fourth-order valence-corrected chi connectivity index (χ4v) is 4.08. The Labute approximate surface area is 209 Å². The third-order valence-corrected chi connectivity index (χ3v) is 5.83. The molecule has 0 unspecified atom stereocenters. The van der Waals surface area contributed by atoms with Crippen molar-refractivity contribution in [3.63, 3.8) is 0 Å². The third kappa shape index (κ3) is 4.79. The highest BCUT2D eigenvalue weighted by Gasteiger charge is 2.07. The highest BCUT2D eigenvalue weighted by atomic mass is 16.5. The van der Waals surface area contributed by atoms with Crippen molar-refractivity contribution in [3.8, 4) is 45.5 Å². The van der Waals surface area contributed by atoms with Crippen molar-refractivity contribution in [1.82, 2.24) is 9.97 Å². The van der Waals surface area contributed by atoms with Crippen molar-refractivity contribution in [1.29, 1.82) is 0 Å². The molecule has 0 saturated carbocycles. The minimum absolute atomic E-state index is 0.526. The van der Waals surface area contributed by atoms with Gasteiger partial charge in [0.2, 0.25) is 5.88 Å². The van der Waals surface area contributed by atoms with Gasteiger partial charge < -0.3 is 9.47 Å². The molecule has 0 fully saturated rings. The average Bonchev–Trinajstić information content (AvgIpc) is 2.94. The van der Waals surface area contributed by atoms with E-state index in [1.54, 1.807) is 6.20 Å². The van der Waals surface area contributed by atoms with Gasteiger partial charge in [0.15, 0.2) is 0 Å². The number of aromatic nitrogens is 2. The van der Waals surface area contributed by atoms with E-state index < -0.39 is 0 Å². The van der Waals surface area contributed by atoms with E-state index in [0.29, 0.717) is 17.4 Å². The number of benzene rings is 4. The van der Waals surface area contributed by atoms with E-state index in [9.17, 15) is 0 Å². The van der Waals surface area contributed by atoms with E-state index in [-0.39, 0.29) is 0 Å². The van der Waals surface area contributed by atoms with Gasteiger partial charge in [-0.1, -0.05) is 72.8 Å². The molecule has 0 N–H and O–H groups in total. The Morgan fingerprint density at radius 2 is 1.19 bits per heavy atom. The summed E-state index contributed by atoms with van der Waals surface area (Å²) in [5, 5.41) is 1.12. The fourth-order valence-electron chi connectivity index (χ4n) is 4.08. The van der Waals surface area contributed by atoms with Gasteiger partial charge in [0.05, 0.1) is 11.2 Å². The summed E-state index contributed by atoms with van der Waals surface area (Å²) >= 11 is 0. The molecule has 4 heteroatoms. The Hall–Kier alpha value is -4.96. The molecule has 4 nitrogen and oxygen atoms in total. The number of para-hydroxylation sites is 1. The Balaban J connectivity index is 1.21. The summed E-state index contributed by atoms with van der Waals surface area (Å²) in [5.41, 5.74) is 5.03. The monoisotopic (exact) mass is 466 g/mol. The number of hydrogen-bond donors (Lipinski definition) is 0. The molecule has 0 radical (unpaired) electrons. The van der Waals surface area contributed by atoms with E-state index in [0.717, 1.165) is 39.0 Å². The van der Waals surface area contributed by atoms with Crippen molar-refractivity contribution >= 4 is 10.9 Å². The van der Waals surface area contributed by atoms with E-state index >= 15 is 0 Å². The molecule has 172 valence electrons. The SMILES string of the molecule is c1ccc(-c2ccnc(Oc3cccc(Oc4cccc(-c5ccc6ccccc6n5)c4)c3)c2)cc1. The highest BCUT2D eigenvalue weighted by Crippen LogP contribution is 2.31. The summed E-state index contributed by atoms with van der Waals surface area (Å²) in [6, 6.07) is 41.8. The Kier molecular flexibility index (Phi) is 5.83. The maximum atomic E-state index is 6.17. The van der Waals surface area contributed by atoms with Crippen molar-refractivity contribution in [3.05, 3.63) is 134 Å². The first kappa shape index (κ1) is 21.6. The minimum Gasteiger partial charge on any atom is -0.457 e. The van der Waals surface area contributed by atoms with Crippen LogP contribution in [0.3, 0.4) is 0 Å². The zero-order valence-corrected chi connectivity index (χ0v) is 19.4. The second kappa shape index (κ2) is 9.72. The zero-order chi connectivity index (χ0) is 24.2. The minimum atomic E-state index is 0.526. The summed E-state index contributed by atoms with van der Waals surface area (Å²) in [6.45, 7) is 0. The molecular weight excluding hydrogens is 444 g/mol. The van der Waals surface area contributed by atoms with E-state index in [1.807, 2.05) is 103 Å². The van der Waals surface area contributed by atoms with Crippen LogP contribution in [-0.4, -0.2) is 9.97 Å². The lowest BCUT2D eigenvalue weighted by molar-refractivity contribution is 0.449. The smallest absolute Gasteiger partial charge is 0.219 e. The van der Waals surface area contributed by atoms with Gasteiger partial charge in [-0.2, -0.15) is 0 Å². The molecule has 4 aromatic carbocycles. The van der Waals surface area contributed by atoms with Crippen LogP contribution in [0.15, 0.2) is 134 Å². The number of hydrogen-bond acceptors (Lipinski definition) is 4. The predicted octanol–water partition coefficient (Wildman–Crippen LogP) is 8.55. The highest BCUT2D eigenvalue weighted by molar-refractivity contribution is 5.81. The number of rotatable bonds is 6. The molecule has 0 saturated heterocycles. The van der Waals surface area contributed by atoms with Crippen molar-refractivity contribution in [2.45, 2.75) is 0 Å². The first-order valence-corrected chi connectivity index (χ1v) is 11.7. The maximum Gasteiger partial charge on any atom is 0.219 e. The number of ether oxygens (including phenoxy) is 2. The molecule has 0 aliphatic carbocycles. The molecule has 0 aliphatic heterocycles.